The minimum absolute atomic E-state index is 0.194. The molecule has 2 rings (SSSR count). The normalized spacial score (nSPS) is 18.2. The molecule has 1 saturated heterocycles. The van der Waals surface area contributed by atoms with Crippen molar-refractivity contribution in [2.75, 3.05) is 13.2 Å². The smallest absolute Gasteiger partial charge is 0.156 e. The standard InChI is InChI=1S/C12H12Cl2O2/c1-2-3-8-4-10(13)12(11(14)5-8)16-7-9-6-15-9/h2,4-5,9H,1,3,6-7H2. The molecule has 1 fully saturated rings. The number of benzene rings is 1. The summed E-state index contributed by atoms with van der Waals surface area (Å²) in [7, 11) is 0. The van der Waals surface area contributed by atoms with Crippen LogP contribution in [0.2, 0.25) is 10.0 Å². The van der Waals surface area contributed by atoms with Crippen molar-refractivity contribution >= 4 is 23.2 Å². The second-order valence-electron chi connectivity index (χ2n) is 3.65. The molecule has 1 aromatic rings. The molecule has 1 unspecified atom stereocenters. The van der Waals surface area contributed by atoms with E-state index in [-0.39, 0.29) is 6.10 Å². The average Bonchev–Trinajstić information content (AvgIpc) is 3.00. The summed E-state index contributed by atoms with van der Waals surface area (Å²) in [5.74, 6) is 0.534. The van der Waals surface area contributed by atoms with Crippen LogP contribution in [-0.2, 0) is 11.2 Å². The van der Waals surface area contributed by atoms with Gasteiger partial charge in [0.15, 0.2) is 5.75 Å². The van der Waals surface area contributed by atoms with E-state index in [0.29, 0.717) is 22.4 Å². The van der Waals surface area contributed by atoms with Crippen LogP contribution in [0, 0.1) is 0 Å². The fourth-order valence-electron chi connectivity index (χ4n) is 1.38. The van der Waals surface area contributed by atoms with Crippen molar-refractivity contribution in [3.63, 3.8) is 0 Å². The molecule has 0 spiro atoms. The van der Waals surface area contributed by atoms with Gasteiger partial charge in [0.1, 0.15) is 12.7 Å². The number of ether oxygens (including phenoxy) is 2. The number of epoxide rings is 1. The maximum atomic E-state index is 6.09. The Kier molecular flexibility index (Phi) is 3.74. The quantitative estimate of drug-likeness (QED) is 0.596. The van der Waals surface area contributed by atoms with Crippen molar-refractivity contribution in [3.8, 4) is 5.75 Å². The van der Waals surface area contributed by atoms with Gasteiger partial charge in [-0.25, -0.2) is 0 Å². The van der Waals surface area contributed by atoms with E-state index < -0.39 is 0 Å². The lowest BCUT2D eigenvalue weighted by Gasteiger charge is -2.10. The molecule has 0 aliphatic carbocycles. The molecule has 1 aromatic carbocycles. The molecule has 1 aliphatic heterocycles. The molecular weight excluding hydrogens is 247 g/mol. The van der Waals surface area contributed by atoms with Crippen molar-refractivity contribution in [2.45, 2.75) is 12.5 Å². The lowest BCUT2D eigenvalue weighted by molar-refractivity contribution is 0.263. The largest absolute Gasteiger partial charge is 0.488 e. The van der Waals surface area contributed by atoms with Crippen LogP contribution >= 0.6 is 23.2 Å². The number of allylic oxidation sites excluding steroid dienone is 1. The molecule has 86 valence electrons. The third-order valence-corrected chi connectivity index (χ3v) is 2.82. The van der Waals surface area contributed by atoms with Crippen LogP contribution in [0.15, 0.2) is 24.8 Å². The summed E-state index contributed by atoms with van der Waals surface area (Å²) in [5.41, 5.74) is 1.03. The van der Waals surface area contributed by atoms with Crippen LogP contribution in [0.5, 0.6) is 5.75 Å². The van der Waals surface area contributed by atoms with E-state index in [2.05, 4.69) is 6.58 Å². The van der Waals surface area contributed by atoms with Crippen LogP contribution in [0.1, 0.15) is 5.56 Å². The van der Waals surface area contributed by atoms with Gasteiger partial charge in [-0.2, -0.15) is 0 Å². The number of rotatable bonds is 5. The molecule has 1 aliphatic rings. The third kappa shape index (κ3) is 2.91. The van der Waals surface area contributed by atoms with E-state index in [1.807, 2.05) is 12.1 Å². The maximum Gasteiger partial charge on any atom is 0.156 e. The lowest BCUT2D eigenvalue weighted by Crippen LogP contribution is -2.05. The summed E-state index contributed by atoms with van der Waals surface area (Å²) in [4.78, 5) is 0. The molecule has 0 saturated carbocycles. The van der Waals surface area contributed by atoms with Crippen LogP contribution in [0.25, 0.3) is 0 Å². The van der Waals surface area contributed by atoms with Gasteiger partial charge in [-0.15, -0.1) is 6.58 Å². The van der Waals surface area contributed by atoms with Gasteiger partial charge in [-0.05, 0) is 24.1 Å². The zero-order chi connectivity index (χ0) is 11.5. The average molecular weight is 259 g/mol. The summed E-state index contributed by atoms with van der Waals surface area (Å²) >= 11 is 12.2. The highest BCUT2D eigenvalue weighted by Crippen LogP contribution is 2.35. The van der Waals surface area contributed by atoms with Crippen LogP contribution in [-0.4, -0.2) is 19.3 Å². The minimum atomic E-state index is 0.194. The first-order valence-corrected chi connectivity index (χ1v) is 5.79. The van der Waals surface area contributed by atoms with Gasteiger partial charge in [0.2, 0.25) is 0 Å². The highest BCUT2D eigenvalue weighted by Gasteiger charge is 2.24. The van der Waals surface area contributed by atoms with Gasteiger partial charge in [0.05, 0.1) is 16.7 Å². The number of hydrogen-bond donors (Lipinski definition) is 0. The maximum absolute atomic E-state index is 6.09. The molecule has 1 atom stereocenters. The summed E-state index contributed by atoms with van der Waals surface area (Å²) in [6.07, 6.45) is 2.74. The first-order chi connectivity index (χ1) is 7.70. The molecule has 0 amide bonds. The van der Waals surface area contributed by atoms with E-state index in [0.717, 1.165) is 18.6 Å². The Balaban J connectivity index is 2.12. The molecule has 1 heterocycles. The minimum Gasteiger partial charge on any atom is -0.488 e. The van der Waals surface area contributed by atoms with E-state index in [1.165, 1.54) is 0 Å². The van der Waals surface area contributed by atoms with E-state index in [4.69, 9.17) is 32.7 Å². The monoisotopic (exact) mass is 258 g/mol. The zero-order valence-corrected chi connectivity index (χ0v) is 10.2. The van der Waals surface area contributed by atoms with Crippen molar-refractivity contribution in [2.24, 2.45) is 0 Å². The van der Waals surface area contributed by atoms with Crippen molar-refractivity contribution in [3.05, 3.63) is 40.4 Å². The number of hydrogen-bond acceptors (Lipinski definition) is 2. The van der Waals surface area contributed by atoms with Gasteiger partial charge in [0.25, 0.3) is 0 Å². The van der Waals surface area contributed by atoms with Crippen LogP contribution in [0.4, 0.5) is 0 Å². The van der Waals surface area contributed by atoms with Crippen molar-refractivity contribution in [1.29, 1.82) is 0 Å². The fourth-order valence-corrected chi connectivity index (χ4v) is 2.02. The third-order valence-electron chi connectivity index (χ3n) is 2.25. The first kappa shape index (κ1) is 11.8. The molecule has 4 heteroatoms. The van der Waals surface area contributed by atoms with Crippen LogP contribution in [0.3, 0.4) is 0 Å². The van der Waals surface area contributed by atoms with Gasteiger partial charge in [-0.3, -0.25) is 0 Å². The Morgan fingerprint density at radius 1 is 1.44 bits per heavy atom. The van der Waals surface area contributed by atoms with E-state index in [9.17, 15) is 0 Å². The first-order valence-electron chi connectivity index (χ1n) is 5.04. The summed E-state index contributed by atoms with van der Waals surface area (Å²) in [6, 6.07) is 3.69. The molecule has 2 nitrogen and oxygen atoms in total. The predicted molar refractivity (Wildman–Crippen MR) is 65.6 cm³/mol. The lowest BCUT2D eigenvalue weighted by atomic mass is 10.1. The Labute approximate surface area is 105 Å². The zero-order valence-electron chi connectivity index (χ0n) is 8.71. The summed E-state index contributed by atoms with van der Waals surface area (Å²) in [6.45, 7) is 4.93. The highest BCUT2D eigenvalue weighted by atomic mass is 35.5. The van der Waals surface area contributed by atoms with Crippen LogP contribution < -0.4 is 4.74 Å². The second kappa shape index (κ2) is 5.09. The van der Waals surface area contributed by atoms with Gasteiger partial charge in [0, 0.05) is 0 Å². The molecular formula is C12H12Cl2O2. The topological polar surface area (TPSA) is 21.8 Å². The SMILES string of the molecule is C=CCc1cc(Cl)c(OCC2CO2)c(Cl)c1. The Hall–Kier alpha value is -0.700. The Morgan fingerprint density at radius 2 is 2.06 bits per heavy atom. The highest BCUT2D eigenvalue weighted by molar-refractivity contribution is 6.37. The molecule has 0 aromatic heterocycles. The van der Waals surface area contributed by atoms with Crippen molar-refractivity contribution < 1.29 is 9.47 Å². The molecule has 0 bridgehead atoms. The van der Waals surface area contributed by atoms with E-state index in [1.54, 1.807) is 6.08 Å². The van der Waals surface area contributed by atoms with Gasteiger partial charge >= 0.3 is 0 Å². The predicted octanol–water partition coefficient (Wildman–Crippen LogP) is 3.50. The second-order valence-corrected chi connectivity index (χ2v) is 4.46. The summed E-state index contributed by atoms with van der Waals surface area (Å²) in [5, 5.41) is 1.06. The summed E-state index contributed by atoms with van der Waals surface area (Å²) < 4.78 is 10.6. The van der Waals surface area contributed by atoms with Gasteiger partial charge in [-0.1, -0.05) is 29.3 Å². The van der Waals surface area contributed by atoms with Gasteiger partial charge < -0.3 is 9.47 Å². The molecule has 0 radical (unpaired) electrons. The molecule has 16 heavy (non-hydrogen) atoms. The number of halogens is 2. The molecule has 0 N–H and O–H groups in total. The van der Waals surface area contributed by atoms with E-state index >= 15 is 0 Å². The fraction of sp³-hybridized carbons (Fsp3) is 0.333. The van der Waals surface area contributed by atoms with Crippen molar-refractivity contribution in [1.82, 2.24) is 0 Å². The Bertz CT molecular complexity index is 377. The Morgan fingerprint density at radius 3 is 2.56 bits per heavy atom.